The van der Waals surface area contributed by atoms with Crippen LogP contribution >= 0.6 is 0 Å². The molecule has 0 unspecified atom stereocenters. The number of anilines is 1. The van der Waals surface area contributed by atoms with Gasteiger partial charge in [-0.2, -0.15) is 0 Å². The van der Waals surface area contributed by atoms with Crippen LogP contribution in [-0.2, 0) is 9.59 Å². The summed E-state index contributed by atoms with van der Waals surface area (Å²) < 4.78 is 0. The largest absolute Gasteiger partial charge is 0.326 e. The van der Waals surface area contributed by atoms with Gasteiger partial charge in [0.1, 0.15) is 5.78 Å². The number of hydrogen-bond donors (Lipinski definition) is 1. The summed E-state index contributed by atoms with van der Waals surface area (Å²) in [6.45, 7) is 1.38. The number of amides is 1. The minimum atomic E-state index is -0.319. The molecule has 0 radical (unpaired) electrons. The van der Waals surface area contributed by atoms with Crippen LogP contribution in [-0.4, -0.2) is 21.7 Å². The van der Waals surface area contributed by atoms with E-state index < -0.39 is 0 Å². The zero-order valence-corrected chi connectivity index (χ0v) is 9.30. The topological polar surface area (TPSA) is 72.0 Å². The van der Waals surface area contributed by atoms with Crippen molar-refractivity contribution in [2.24, 2.45) is 0 Å². The Hall–Kier alpha value is -2.30. The van der Waals surface area contributed by atoms with Crippen LogP contribution in [0.4, 0.5) is 5.69 Å². The van der Waals surface area contributed by atoms with Crippen molar-refractivity contribution in [1.29, 1.82) is 0 Å². The van der Waals surface area contributed by atoms with E-state index in [-0.39, 0.29) is 18.1 Å². The molecule has 0 fully saturated rings. The van der Waals surface area contributed by atoms with Gasteiger partial charge >= 0.3 is 0 Å². The van der Waals surface area contributed by atoms with E-state index >= 15 is 0 Å². The highest BCUT2D eigenvalue weighted by Gasteiger charge is 2.06. The molecule has 1 heterocycles. The van der Waals surface area contributed by atoms with Gasteiger partial charge in [-0.25, -0.2) is 0 Å². The Morgan fingerprint density at radius 1 is 1.18 bits per heavy atom. The first-order chi connectivity index (χ1) is 8.15. The lowest BCUT2D eigenvalue weighted by Crippen LogP contribution is -2.14. The van der Waals surface area contributed by atoms with Gasteiger partial charge in [0.2, 0.25) is 5.91 Å². The quantitative estimate of drug-likeness (QED) is 0.810. The summed E-state index contributed by atoms with van der Waals surface area (Å²) in [6.07, 6.45) is 3.08. The molecule has 5 heteroatoms. The molecule has 0 spiro atoms. The second kappa shape index (κ2) is 4.69. The van der Waals surface area contributed by atoms with E-state index in [4.69, 9.17) is 0 Å². The van der Waals surface area contributed by atoms with Gasteiger partial charge in [0.25, 0.3) is 0 Å². The highest BCUT2D eigenvalue weighted by Crippen LogP contribution is 2.15. The second-order valence-electron chi connectivity index (χ2n) is 3.69. The third-order valence-electron chi connectivity index (χ3n) is 2.16. The van der Waals surface area contributed by atoms with Crippen molar-refractivity contribution < 1.29 is 9.59 Å². The number of benzene rings is 1. The molecule has 0 bridgehead atoms. The fourth-order valence-corrected chi connectivity index (χ4v) is 1.47. The van der Waals surface area contributed by atoms with Gasteiger partial charge in [0, 0.05) is 18.1 Å². The number of aromatic nitrogens is 2. The standard InChI is InChI=1S/C12H11N3O2/c1-8(16)6-12(17)15-9-2-3-10-11(7-9)14-5-4-13-10/h2-5,7H,6H2,1H3,(H,15,17). The third-order valence-corrected chi connectivity index (χ3v) is 2.16. The van der Waals surface area contributed by atoms with Gasteiger partial charge in [-0.15, -0.1) is 0 Å². The maximum Gasteiger partial charge on any atom is 0.231 e. The van der Waals surface area contributed by atoms with Crippen LogP contribution in [0.15, 0.2) is 30.6 Å². The Labute approximate surface area is 97.9 Å². The Bertz CT molecular complexity index is 581. The maximum atomic E-state index is 11.4. The molecule has 5 nitrogen and oxygen atoms in total. The Morgan fingerprint density at radius 3 is 2.59 bits per heavy atom. The first-order valence-electron chi connectivity index (χ1n) is 5.15. The molecule has 0 aliphatic heterocycles. The molecule has 0 saturated carbocycles. The minimum absolute atomic E-state index is 0.113. The first-order valence-corrected chi connectivity index (χ1v) is 5.15. The predicted octanol–water partition coefficient (Wildman–Crippen LogP) is 1.55. The van der Waals surface area contributed by atoms with E-state index in [0.29, 0.717) is 11.2 Å². The third kappa shape index (κ3) is 2.84. The molecule has 1 aromatic carbocycles. The minimum Gasteiger partial charge on any atom is -0.326 e. The second-order valence-corrected chi connectivity index (χ2v) is 3.69. The van der Waals surface area contributed by atoms with E-state index in [2.05, 4.69) is 15.3 Å². The molecule has 1 aromatic heterocycles. The molecule has 1 amide bonds. The number of fused-ring (bicyclic) bond motifs is 1. The van der Waals surface area contributed by atoms with Gasteiger partial charge in [0.05, 0.1) is 17.5 Å². The molecule has 2 aromatic rings. The molecule has 86 valence electrons. The van der Waals surface area contributed by atoms with Crippen molar-refractivity contribution in [3.8, 4) is 0 Å². The van der Waals surface area contributed by atoms with Crippen LogP contribution in [0, 0.1) is 0 Å². The van der Waals surface area contributed by atoms with Gasteiger partial charge in [-0.1, -0.05) is 0 Å². The Balaban J connectivity index is 2.19. The van der Waals surface area contributed by atoms with E-state index in [1.165, 1.54) is 6.92 Å². The lowest BCUT2D eigenvalue weighted by molar-refractivity contribution is -0.124. The van der Waals surface area contributed by atoms with Crippen molar-refractivity contribution in [3.05, 3.63) is 30.6 Å². The molecule has 0 saturated heterocycles. The molecule has 17 heavy (non-hydrogen) atoms. The number of nitrogens with one attached hydrogen (secondary N) is 1. The molecule has 0 atom stereocenters. The van der Waals surface area contributed by atoms with Crippen LogP contribution in [0.2, 0.25) is 0 Å². The zero-order chi connectivity index (χ0) is 12.3. The molecule has 0 aliphatic rings. The smallest absolute Gasteiger partial charge is 0.231 e. The van der Waals surface area contributed by atoms with Gasteiger partial charge < -0.3 is 5.32 Å². The van der Waals surface area contributed by atoms with Crippen molar-refractivity contribution in [2.75, 3.05) is 5.32 Å². The number of rotatable bonds is 3. The highest BCUT2D eigenvalue weighted by atomic mass is 16.2. The van der Waals surface area contributed by atoms with Gasteiger partial charge in [-0.3, -0.25) is 19.6 Å². The summed E-state index contributed by atoms with van der Waals surface area (Å²) >= 11 is 0. The molecule has 0 aliphatic carbocycles. The van der Waals surface area contributed by atoms with Crippen LogP contribution in [0.3, 0.4) is 0 Å². The average Bonchev–Trinajstić information content (AvgIpc) is 2.27. The van der Waals surface area contributed by atoms with Crippen molar-refractivity contribution in [1.82, 2.24) is 9.97 Å². The van der Waals surface area contributed by atoms with Gasteiger partial charge in [-0.05, 0) is 25.1 Å². The monoisotopic (exact) mass is 229 g/mol. The number of carbonyl (C=O) groups is 2. The number of hydrogen-bond acceptors (Lipinski definition) is 4. The number of nitrogens with zero attached hydrogens (tertiary/aromatic N) is 2. The van der Waals surface area contributed by atoms with Crippen LogP contribution < -0.4 is 5.32 Å². The Kier molecular flexibility index (Phi) is 3.09. The Morgan fingerprint density at radius 2 is 1.88 bits per heavy atom. The predicted molar refractivity (Wildman–Crippen MR) is 63.5 cm³/mol. The molecular weight excluding hydrogens is 218 g/mol. The van der Waals surface area contributed by atoms with Crippen LogP contribution in [0.1, 0.15) is 13.3 Å². The maximum absolute atomic E-state index is 11.4. The SMILES string of the molecule is CC(=O)CC(=O)Nc1ccc2nccnc2c1. The molecule has 1 N–H and O–H groups in total. The average molecular weight is 229 g/mol. The summed E-state index contributed by atoms with van der Waals surface area (Å²) in [7, 11) is 0. The highest BCUT2D eigenvalue weighted by molar-refractivity contribution is 6.04. The zero-order valence-electron chi connectivity index (χ0n) is 9.30. The molecular formula is C12H11N3O2. The van der Waals surface area contributed by atoms with Crippen molar-refractivity contribution in [2.45, 2.75) is 13.3 Å². The number of Topliss-reactive ketones (excluding diaryl/α,β-unsaturated/α-hetero) is 1. The van der Waals surface area contributed by atoms with Gasteiger partial charge in [0.15, 0.2) is 0 Å². The summed E-state index contributed by atoms with van der Waals surface area (Å²) in [5.74, 6) is -0.483. The van der Waals surface area contributed by atoms with Crippen LogP contribution in [0.25, 0.3) is 11.0 Å². The van der Waals surface area contributed by atoms with Crippen molar-refractivity contribution >= 4 is 28.4 Å². The molecule has 2 rings (SSSR count). The van der Waals surface area contributed by atoms with Crippen LogP contribution in [0.5, 0.6) is 0 Å². The summed E-state index contributed by atoms with van der Waals surface area (Å²) in [4.78, 5) is 30.4. The lowest BCUT2D eigenvalue weighted by Gasteiger charge is -2.04. The number of ketones is 1. The van der Waals surface area contributed by atoms with Crippen molar-refractivity contribution in [3.63, 3.8) is 0 Å². The fourth-order valence-electron chi connectivity index (χ4n) is 1.47. The fraction of sp³-hybridized carbons (Fsp3) is 0.167. The van der Waals surface area contributed by atoms with E-state index in [1.54, 1.807) is 30.6 Å². The van der Waals surface area contributed by atoms with E-state index in [1.807, 2.05) is 0 Å². The first kappa shape index (κ1) is 11.2. The number of carbonyl (C=O) groups excluding carboxylic acids is 2. The lowest BCUT2D eigenvalue weighted by atomic mass is 10.2. The van der Waals surface area contributed by atoms with E-state index in [9.17, 15) is 9.59 Å². The van der Waals surface area contributed by atoms with E-state index in [0.717, 1.165) is 5.52 Å². The summed E-state index contributed by atoms with van der Waals surface area (Å²) in [6, 6.07) is 5.22. The normalized spacial score (nSPS) is 10.2. The summed E-state index contributed by atoms with van der Waals surface area (Å²) in [5, 5.41) is 2.64. The summed E-state index contributed by atoms with van der Waals surface area (Å²) in [5.41, 5.74) is 2.08.